The summed E-state index contributed by atoms with van der Waals surface area (Å²) in [7, 11) is 3.17. The van der Waals surface area contributed by atoms with Crippen LogP contribution in [0.1, 0.15) is 42.4 Å². The molecular weight excluding hydrogens is 430 g/mol. The molecule has 0 aliphatic carbocycles. The van der Waals surface area contributed by atoms with Crippen LogP contribution in [0.25, 0.3) is 11.1 Å². The Hall–Kier alpha value is -3.09. The zero-order valence-electron chi connectivity index (χ0n) is 18.1. The number of esters is 1. The number of carbonyl (C=O) groups is 1. The molecule has 0 radical (unpaired) electrons. The lowest BCUT2D eigenvalue weighted by atomic mass is 9.92. The first-order valence-electron chi connectivity index (χ1n) is 10.3. The molecule has 1 aliphatic rings. The van der Waals surface area contributed by atoms with E-state index < -0.39 is 12.2 Å². The van der Waals surface area contributed by atoms with E-state index >= 15 is 0 Å². The SMILES string of the molecule is CCOC(=O)C[C@@H]1O[C@H](c2cccc(OC)c2OC)c2cc(Cl)ccc2-c2cccnc21. The Morgan fingerprint density at radius 2 is 1.91 bits per heavy atom. The Morgan fingerprint density at radius 3 is 2.66 bits per heavy atom. The maximum Gasteiger partial charge on any atom is 0.308 e. The number of methoxy groups -OCH3 is 2. The van der Waals surface area contributed by atoms with Gasteiger partial charge in [-0.3, -0.25) is 9.78 Å². The van der Waals surface area contributed by atoms with Gasteiger partial charge in [0.05, 0.1) is 32.9 Å². The number of rotatable bonds is 6. The van der Waals surface area contributed by atoms with Gasteiger partial charge in [-0.25, -0.2) is 0 Å². The molecule has 2 atom stereocenters. The fraction of sp³-hybridized carbons (Fsp3) is 0.280. The minimum absolute atomic E-state index is 0.0301. The Balaban J connectivity index is 1.93. The topological polar surface area (TPSA) is 66.9 Å². The normalized spacial score (nSPS) is 17.0. The number of fused-ring (bicyclic) bond motifs is 3. The number of hydrogen-bond donors (Lipinski definition) is 0. The quantitative estimate of drug-likeness (QED) is 0.457. The number of nitrogens with zero attached hydrogens (tertiary/aromatic N) is 1. The predicted molar refractivity (Wildman–Crippen MR) is 121 cm³/mol. The number of carbonyl (C=O) groups excluding carboxylic acids is 1. The molecule has 0 unspecified atom stereocenters. The van der Waals surface area contributed by atoms with Crippen molar-refractivity contribution < 1.29 is 23.7 Å². The van der Waals surface area contributed by atoms with Crippen molar-refractivity contribution in [2.24, 2.45) is 0 Å². The van der Waals surface area contributed by atoms with Crippen LogP contribution >= 0.6 is 11.6 Å². The van der Waals surface area contributed by atoms with Crippen molar-refractivity contribution in [1.82, 2.24) is 4.98 Å². The second-order valence-electron chi connectivity index (χ2n) is 7.26. The van der Waals surface area contributed by atoms with Crippen LogP contribution in [0.5, 0.6) is 11.5 Å². The van der Waals surface area contributed by atoms with E-state index in [0.717, 1.165) is 22.3 Å². The van der Waals surface area contributed by atoms with Crippen LogP contribution in [0.4, 0.5) is 0 Å². The highest BCUT2D eigenvalue weighted by atomic mass is 35.5. The molecule has 166 valence electrons. The van der Waals surface area contributed by atoms with Gasteiger partial charge >= 0.3 is 5.97 Å². The second kappa shape index (κ2) is 9.59. The number of para-hydroxylation sites is 1. The molecule has 0 fully saturated rings. The molecule has 3 aromatic rings. The summed E-state index contributed by atoms with van der Waals surface area (Å²) in [5.41, 5.74) is 4.10. The second-order valence-corrected chi connectivity index (χ2v) is 7.70. The van der Waals surface area contributed by atoms with Crippen LogP contribution in [0.2, 0.25) is 5.02 Å². The zero-order chi connectivity index (χ0) is 22.7. The van der Waals surface area contributed by atoms with E-state index in [4.69, 9.17) is 30.5 Å². The Labute approximate surface area is 192 Å². The Bertz CT molecular complexity index is 1130. The summed E-state index contributed by atoms with van der Waals surface area (Å²) in [6.07, 6.45) is 0.518. The molecule has 0 amide bonds. The predicted octanol–water partition coefficient (Wildman–Crippen LogP) is 5.53. The Kier molecular flexibility index (Phi) is 6.63. The van der Waals surface area contributed by atoms with Gasteiger partial charge in [-0.15, -0.1) is 0 Å². The summed E-state index contributed by atoms with van der Waals surface area (Å²) < 4.78 is 23.0. The number of halogens is 1. The van der Waals surface area contributed by atoms with E-state index in [1.807, 2.05) is 48.5 Å². The molecule has 1 aliphatic heterocycles. The van der Waals surface area contributed by atoms with Gasteiger partial charge in [0.2, 0.25) is 0 Å². The molecule has 6 nitrogen and oxygen atoms in total. The van der Waals surface area contributed by atoms with Crippen LogP contribution in [-0.2, 0) is 14.3 Å². The molecular formula is C25H24ClNO5. The third-order valence-corrected chi connectivity index (χ3v) is 5.64. The summed E-state index contributed by atoms with van der Waals surface area (Å²) >= 11 is 6.40. The van der Waals surface area contributed by atoms with Crippen molar-refractivity contribution >= 4 is 17.6 Å². The van der Waals surface area contributed by atoms with E-state index in [-0.39, 0.29) is 12.4 Å². The fourth-order valence-corrected chi connectivity index (χ4v) is 4.26. The van der Waals surface area contributed by atoms with Gasteiger partial charge in [0.1, 0.15) is 12.2 Å². The van der Waals surface area contributed by atoms with Crippen molar-refractivity contribution in [3.05, 3.63) is 76.6 Å². The van der Waals surface area contributed by atoms with Crippen LogP contribution < -0.4 is 9.47 Å². The maximum atomic E-state index is 12.4. The average Bonchev–Trinajstić information content (AvgIpc) is 2.93. The van der Waals surface area contributed by atoms with Gasteiger partial charge < -0.3 is 18.9 Å². The number of ether oxygens (including phenoxy) is 4. The van der Waals surface area contributed by atoms with Crippen molar-refractivity contribution in [3.8, 4) is 22.6 Å². The highest BCUT2D eigenvalue weighted by Crippen LogP contribution is 2.48. The van der Waals surface area contributed by atoms with Gasteiger partial charge in [-0.2, -0.15) is 0 Å². The van der Waals surface area contributed by atoms with Crippen molar-refractivity contribution in [2.75, 3.05) is 20.8 Å². The molecule has 0 saturated heterocycles. The first kappa shape index (κ1) is 22.1. The smallest absolute Gasteiger partial charge is 0.308 e. The van der Waals surface area contributed by atoms with Crippen molar-refractivity contribution in [2.45, 2.75) is 25.6 Å². The molecule has 0 saturated carbocycles. The molecule has 7 heteroatoms. The highest BCUT2D eigenvalue weighted by Gasteiger charge is 2.34. The van der Waals surface area contributed by atoms with Gasteiger partial charge in [-0.1, -0.05) is 35.9 Å². The Morgan fingerprint density at radius 1 is 1.06 bits per heavy atom. The molecule has 0 spiro atoms. The molecule has 1 aromatic heterocycles. The van der Waals surface area contributed by atoms with Crippen LogP contribution in [0.3, 0.4) is 0 Å². The van der Waals surface area contributed by atoms with Crippen LogP contribution in [0, 0.1) is 0 Å². The lowest BCUT2D eigenvalue weighted by Crippen LogP contribution is -2.17. The molecule has 0 bridgehead atoms. The zero-order valence-corrected chi connectivity index (χ0v) is 18.9. The summed E-state index contributed by atoms with van der Waals surface area (Å²) in [4.78, 5) is 17.0. The molecule has 2 aromatic carbocycles. The minimum atomic E-state index is -0.627. The number of pyridine rings is 1. The van der Waals surface area contributed by atoms with Crippen LogP contribution in [0.15, 0.2) is 54.7 Å². The summed E-state index contributed by atoms with van der Waals surface area (Å²) in [5, 5.41) is 0.577. The summed E-state index contributed by atoms with van der Waals surface area (Å²) in [5.74, 6) is 0.785. The van der Waals surface area contributed by atoms with E-state index in [2.05, 4.69) is 4.98 Å². The van der Waals surface area contributed by atoms with Gasteiger partial charge in [0, 0.05) is 22.3 Å². The summed E-state index contributed by atoms with van der Waals surface area (Å²) in [6, 6.07) is 15.1. The minimum Gasteiger partial charge on any atom is -0.493 e. The summed E-state index contributed by atoms with van der Waals surface area (Å²) in [6.45, 7) is 2.07. The molecule has 4 rings (SSSR count). The first-order chi connectivity index (χ1) is 15.6. The van der Waals surface area contributed by atoms with Crippen molar-refractivity contribution in [3.63, 3.8) is 0 Å². The number of benzene rings is 2. The van der Waals surface area contributed by atoms with E-state index in [1.54, 1.807) is 27.3 Å². The number of aromatic nitrogens is 1. The fourth-order valence-electron chi connectivity index (χ4n) is 4.08. The lowest BCUT2D eigenvalue weighted by Gasteiger charge is -2.25. The van der Waals surface area contributed by atoms with Gasteiger partial charge in [0.15, 0.2) is 11.5 Å². The molecule has 32 heavy (non-hydrogen) atoms. The van der Waals surface area contributed by atoms with Gasteiger partial charge in [-0.05, 0) is 42.3 Å². The van der Waals surface area contributed by atoms with Crippen molar-refractivity contribution in [1.29, 1.82) is 0 Å². The third kappa shape index (κ3) is 4.16. The molecule has 0 N–H and O–H groups in total. The van der Waals surface area contributed by atoms with Gasteiger partial charge in [0.25, 0.3) is 0 Å². The van der Waals surface area contributed by atoms with Crippen LogP contribution in [-0.4, -0.2) is 31.8 Å². The largest absolute Gasteiger partial charge is 0.493 e. The third-order valence-electron chi connectivity index (χ3n) is 5.40. The molecule has 2 heterocycles. The number of hydrogen-bond acceptors (Lipinski definition) is 6. The first-order valence-corrected chi connectivity index (χ1v) is 10.7. The maximum absolute atomic E-state index is 12.4. The average molecular weight is 454 g/mol. The van der Waals surface area contributed by atoms with E-state index in [0.29, 0.717) is 28.8 Å². The van der Waals surface area contributed by atoms with E-state index in [1.165, 1.54) is 0 Å². The monoisotopic (exact) mass is 453 g/mol. The standard InChI is InChI=1S/C25H24ClNO5/c1-4-31-22(28)14-21-23-17(8-6-12-27-23)16-11-10-15(26)13-19(16)24(32-21)18-7-5-9-20(29-2)25(18)30-3/h5-13,21,24H,4,14H2,1-3H3/t21-,24+/m0/s1. The van der Waals surface area contributed by atoms with E-state index in [9.17, 15) is 4.79 Å². The lowest BCUT2D eigenvalue weighted by molar-refractivity contribution is -0.147. The highest BCUT2D eigenvalue weighted by molar-refractivity contribution is 6.30.